The zero-order chi connectivity index (χ0) is 29.0. The summed E-state index contributed by atoms with van der Waals surface area (Å²) in [5.74, 6) is 0. The molecular formula is C31H40N6O3. The highest BCUT2D eigenvalue weighted by Gasteiger charge is 2.44. The Hall–Kier alpha value is -3.64. The van der Waals surface area contributed by atoms with Crippen molar-refractivity contribution in [3.8, 4) is 17.3 Å². The number of carbonyl (C=O) groups excluding carboxylic acids is 1. The lowest BCUT2D eigenvalue weighted by atomic mass is 9.97. The summed E-state index contributed by atoms with van der Waals surface area (Å²) in [6.45, 7) is 14.9. The molecule has 2 fully saturated rings. The number of rotatable bonds is 4. The third-order valence-electron chi connectivity index (χ3n) is 7.66. The summed E-state index contributed by atoms with van der Waals surface area (Å²) in [5, 5.41) is 9.88. The number of piperazine rings is 1. The molecule has 0 radical (unpaired) electrons. The Labute approximate surface area is 236 Å². The maximum atomic E-state index is 13.0. The lowest BCUT2D eigenvalue weighted by molar-refractivity contribution is -0.00542. The number of imidazole rings is 1. The number of benzene rings is 1. The van der Waals surface area contributed by atoms with E-state index in [0.717, 1.165) is 49.1 Å². The average Bonchev–Trinajstić information content (AvgIpc) is 3.27. The Morgan fingerprint density at radius 1 is 1.07 bits per heavy atom. The molecule has 2 unspecified atom stereocenters. The third-order valence-corrected chi connectivity index (χ3v) is 7.66. The van der Waals surface area contributed by atoms with Crippen LogP contribution in [0.4, 0.5) is 4.79 Å². The summed E-state index contributed by atoms with van der Waals surface area (Å²) in [7, 11) is 1.74. The van der Waals surface area contributed by atoms with Gasteiger partial charge in [0.1, 0.15) is 5.60 Å². The molecule has 0 N–H and O–H groups in total. The van der Waals surface area contributed by atoms with Crippen LogP contribution in [0.3, 0.4) is 0 Å². The van der Waals surface area contributed by atoms with Gasteiger partial charge >= 0.3 is 11.8 Å². The van der Waals surface area contributed by atoms with E-state index in [-0.39, 0.29) is 29.3 Å². The number of amides is 1. The van der Waals surface area contributed by atoms with Crippen molar-refractivity contribution in [2.45, 2.75) is 85.2 Å². The molecule has 2 saturated heterocycles. The van der Waals surface area contributed by atoms with E-state index in [1.54, 1.807) is 16.2 Å². The average molecular weight is 545 g/mol. The van der Waals surface area contributed by atoms with Gasteiger partial charge in [0.2, 0.25) is 0 Å². The molecule has 5 rings (SSSR count). The highest BCUT2D eigenvalue weighted by molar-refractivity contribution is 5.78. The highest BCUT2D eigenvalue weighted by atomic mass is 16.6. The van der Waals surface area contributed by atoms with Crippen molar-refractivity contribution in [1.29, 1.82) is 5.26 Å². The van der Waals surface area contributed by atoms with Gasteiger partial charge in [-0.15, -0.1) is 0 Å². The smallest absolute Gasteiger partial charge is 0.410 e. The van der Waals surface area contributed by atoms with Gasteiger partial charge in [0.05, 0.1) is 22.8 Å². The van der Waals surface area contributed by atoms with E-state index in [1.165, 1.54) is 0 Å². The molecular weight excluding hydrogens is 504 g/mol. The van der Waals surface area contributed by atoms with Crippen molar-refractivity contribution in [1.82, 2.24) is 23.9 Å². The molecule has 9 nitrogen and oxygen atoms in total. The summed E-state index contributed by atoms with van der Waals surface area (Å²) >= 11 is 0. The van der Waals surface area contributed by atoms with E-state index in [2.05, 4.69) is 31.7 Å². The lowest BCUT2D eigenvalue weighted by Gasteiger charge is -2.41. The summed E-state index contributed by atoms with van der Waals surface area (Å²) in [4.78, 5) is 35.0. The van der Waals surface area contributed by atoms with Crippen molar-refractivity contribution in [3.05, 3.63) is 51.9 Å². The maximum absolute atomic E-state index is 13.0. The minimum absolute atomic E-state index is 0.0586. The van der Waals surface area contributed by atoms with Crippen LogP contribution < -0.4 is 5.69 Å². The number of ether oxygens (including phenoxy) is 1. The summed E-state index contributed by atoms with van der Waals surface area (Å²) in [5.41, 5.74) is 3.79. The number of hydrogen-bond acceptors (Lipinski definition) is 6. The van der Waals surface area contributed by atoms with Crippen LogP contribution in [0.2, 0.25) is 0 Å². The van der Waals surface area contributed by atoms with Crippen molar-refractivity contribution in [2.24, 2.45) is 12.5 Å². The molecule has 212 valence electrons. The van der Waals surface area contributed by atoms with Crippen LogP contribution in [0.1, 0.15) is 65.5 Å². The Morgan fingerprint density at radius 3 is 2.35 bits per heavy atom. The summed E-state index contributed by atoms with van der Waals surface area (Å²) < 4.78 is 9.04. The molecule has 2 aliphatic heterocycles. The monoisotopic (exact) mass is 544 g/mol. The zero-order valence-electron chi connectivity index (χ0n) is 24.7. The lowest BCUT2D eigenvalue weighted by Crippen LogP contribution is -2.56. The summed E-state index contributed by atoms with van der Waals surface area (Å²) in [6, 6.07) is 12.3. The molecule has 1 amide bonds. The first-order valence-corrected chi connectivity index (χ1v) is 14.1. The number of aryl methyl sites for hydroxylation is 1. The van der Waals surface area contributed by atoms with Gasteiger partial charge in [-0.3, -0.25) is 18.9 Å². The van der Waals surface area contributed by atoms with Crippen LogP contribution in [0.5, 0.6) is 0 Å². The molecule has 1 aromatic carbocycles. The molecule has 2 bridgehead atoms. The zero-order valence-corrected chi connectivity index (χ0v) is 24.7. The Balaban J connectivity index is 1.40. The van der Waals surface area contributed by atoms with Crippen LogP contribution in [0.25, 0.3) is 22.4 Å². The van der Waals surface area contributed by atoms with E-state index < -0.39 is 5.60 Å². The standard InChI is InChI=1S/C31H40N6O3/c1-30(2,3)19-36-26-13-12-25(33-27(26)34(7)28(36)38)24-14-20(8-9-21(24)15-32)16-35-17-22-10-11-23(18-35)37(22)29(39)40-31(4,5)6/h8-9,12-14,22-23H,10-11,16-19H2,1-7H3. The largest absolute Gasteiger partial charge is 0.444 e. The van der Waals surface area contributed by atoms with Crippen molar-refractivity contribution < 1.29 is 9.53 Å². The second-order valence-corrected chi connectivity index (χ2v) is 13.5. The number of likely N-dealkylation sites (tertiary alicyclic amines) is 1. The normalized spacial score (nSPS) is 19.7. The fraction of sp³-hybridized carbons (Fsp3) is 0.548. The van der Waals surface area contributed by atoms with Gasteiger partial charge in [0.25, 0.3) is 0 Å². The third kappa shape index (κ3) is 5.50. The number of carbonyl (C=O) groups is 1. The molecule has 4 heterocycles. The predicted molar refractivity (Wildman–Crippen MR) is 155 cm³/mol. The van der Waals surface area contributed by atoms with Gasteiger partial charge in [-0.1, -0.05) is 26.8 Å². The summed E-state index contributed by atoms with van der Waals surface area (Å²) in [6.07, 6.45) is 1.75. The molecule has 2 aliphatic rings. The Bertz CT molecular complexity index is 1530. The van der Waals surface area contributed by atoms with Crippen LogP contribution in [0, 0.1) is 16.7 Å². The number of aromatic nitrogens is 3. The van der Waals surface area contributed by atoms with Gasteiger partial charge in [0, 0.05) is 50.9 Å². The second-order valence-electron chi connectivity index (χ2n) is 13.5. The number of hydrogen-bond donors (Lipinski definition) is 0. The minimum Gasteiger partial charge on any atom is -0.444 e. The number of pyridine rings is 1. The molecule has 3 aromatic rings. The van der Waals surface area contributed by atoms with Crippen LogP contribution in [-0.2, 0) is 24.9 Å². The van der Waals surface area contributed by atoms with Gasteiger partial charge in [-0.05, 0) is 68.9 Å². The Kier molecular flexibility index (Phi) is 7.03. The van der Waals surface area contributed by atoms with Gasteiger partial charge in [-0.25, -0.2) is 14.6 Å². The molecule has 0 saturated carbocycles. The molecule has 40 heavy (non-hydrogen) atoms. The number of nitrogens with zero attached hydrogens (tertiary/aromatic N) is 6. The quantitative estimate of drug-likeness (QED) is 0.463. The first-order chi connectivity index (χ1) is 18.7. The van der Waals surface area contributed by atoms with E-state index in [9.17, 15) is 14.9 Å². The van der Waals surface area contributed by atoms with Crippen LogP contribution >= 0.6 is 0 Å². The molecule has 2 atom stereocenters. The number of nitriles is 1. The topological polar surface area (TPSA) is 96.4 Å². The molecule has 0 spiro atoms. The molecule has 9 heteroatoms. The van der Waals surface area contributed by atoms with E-state index in [0.29, 0.717) is 23.4 Å². The molecule has 2 aromatic heterocycles. The van der Waals surface area contributed by atoms with Crippen LogP contribution in [0.15, 0.2) is 35.1 Å². The van der Waals surface area contributed by atoms with E-state index in [4.69, 9.17) is 9.72 Å². The van der Waals surface area contributed by atoms with Crippen molar-refractivity contribution >= 4 is 17.3 Å². The predicted octanol–water partition coefficient (Wildman–Crippen LogP) is 4.90. The Morgan fingerprint density at radius 2 is 1.75 bits per heavy atom. The van der Waals surface area contributed by atoms with Gasteiger partial charge < -0.3 is 4.74 Å². The van der Waals surface area contributed by atoms with Gasteiger partial charge in [-0.2, -0.15) is 5.26 Å². The maximum Gasteiger partial charge on any atom is 0.410 e. The number of fused-ring (bicyclic) bond motifs is 3. The van der Waals surface area contributed by atoms with Crippen LogP contribution in [-0.4, -0.2) is 60.8 Å². The van der Waals surface area contributed by atoms with E-state index >= 15 is 0 Å². The SMILES string of the molecule is Cn1c(=O)n(CC(C)(C)C)c2ccc(-c3cc(CN4CC5CCC(C4)N5C(=O)OC(C)(C)C)ccc3C#N)nc21. The first kappa shape index (κ1) is 27.9. The van der Waals surface area contributed by atoms with Gasteiger partial charge in [0.15, 0.2) is 5.65 Å². The van der Waals surface area contributed by atoms with Crippen molar-refractivity contribution in [2.75, 3.05) is 13.1 Å². The van der Waals surface area contributed by atoms with E-state index in [1.807, 2.05) is 56.0 Å². The highest BCUT2D eigenvalue weighted by Crippen LogP contribution is 2.33. The fourth-order valence-electron chi connectivity index (χ4n) is 6.04. The minimum atomic E-state index is -0.509. The fourth-order valence-corrected chi connectivity index (χ4v) is 6.04. The second kappa shape index (κ2) is 10.1. The first-order valence-electron chi connectivity index (χ1n) is 14.1. The molecule has 0 aliphatic carbocycles. The van der Waals surface area contributed by atoms with Crippen molar-refractivity contribution in [3.63, 3.8) is 0 Å².